The molecule has 372 valence electrons. The van der Waals surface area contributed by atoms with Crippen molar-refractivity contribution in [3.8, 4) is 0 Å². The zero-order valence-corrected chi connectivity index (χ0v) is 40.6. The monoisotopic (exact) mass is 922 g/mol. The number of phosphoric acid groups is 1. The highest BCUT2D eigenvalue weighted by Gasteiger charge is 2.51. The standard InChI is InChI=1S/C48H92NO13P/c1-4-7-10-13-16-19-20-23-26-29-32-35-43(53)59-40(34-31-28-25-22-18-15-12-9-6-3)37-44(54)61-47-45(48(55)60-41(38-50)46(47)62-63(56,57)58)49-42(52)36-39(51)33-30-27-24-21-17-14-11-8-5-2/h39-41,45-48,50-51,55H,4-38H2,1-3H3,(H,49,52)(H2,56,57,58)/t39-,40-,41-,45+,46-,47-,48+/m1/s1. The Morgan fingerprint density at radius 3 is 1.48 bits per heavy atom. The Balaban J connectivity index is 2.94. The van der Waals surface area contributed by atoms with Gasteiger partial charge in [0.25, 0.3) is 0 Å². The number of rotatable bonds is 42. The van der Waals surface area contributed by atoms with Crippen molar-refractivity contribution in [2.75, 3.05) is 6.61 Å². The Hall–Kier alpha value is -1.64. The van der Waals surface area contributed by atoms with E-state index < -0.39 is 75.1 Å². The second-order valence-electron chi connectivity index (χ2n) is 18.0. The molecule has 0 unspecified atom stereocenters. The van der Waals surface area contributed by atoms with E-state index >= 15 is 0 Å². The van der Waals surface area contributed by atoms with Crippen molar-refractivity contribution >= 4 is 25.7 Å². The lowest BCUT2D eigenvalue weighted by atomic mass is 9.96. The van der Waals surface area contributed by atoms with Gasteiger partial charge in [0.05, 0.1) is 25.6 Å². The van der Waals surface area contributed by atoms with Gasteiger partial charge in [-0.2, -0.15) is 0 Å². The van der Waals surface area contributed by atoms with Crippen molar-refractivity contribution in [2.45, 2.75) is 282 Å². The van der Waals surface area contributed by atoms with Gasteiger partial charge in [0.15, 0.2) is 12.4 Å². The van der Waals surface area contributed by atoms with Gasteiger partial charge in [-0.3, -0.25) is 18.9 Å². The van der Waals surface area contributed by atoms with Crippen LogP contribution >= 0.6 is 7.82 Å². The third kappa shape index (κ3) is 31.8. The first-order chi connectivity index (χ1) is 30.3. The molecule has 1 heterocycles. The van der Waals surface area contributed by atoms with E-state index in [2.05, 4.69) is 26.1 Å². The van der Waals surface area contributed by atoms with Crippen LogP contribution in [0, 0.1) is 0 Å². The largest absolute Gasteiger partial charge is 0.470 e. The number of amides is 1. The maximum Gasteiger partial charge on any atom is 0.470 e. The second kappa shape index (κ2) is 38.5. The van der Waals surface area contributed by atoms with Crippen molar-refractivity contribution < 1.29 is 62.8 Å². The third-order valence-corrected chi connectivity index (χ3v) is 12.6. The van der Waals surface area contributed by atoms with E-state index in [-0.39, 0.29) is 19.3 Å². The number of aliphatic hydroxyl groups excluding tert-OH is 3. The summed E-state index contributed by atoms with van der Waals surface area (Å²) in [6.45, 7) is 5.72. The van der Waals surface area contributed by atoms with E-state index in [1.807, 2.05) is 0 Å². The Kier molecular flexibility index (Phi) is 36.3. The number of nitrogens with one attached hydrogen (secondary N) is 1. The molecule has 1 amide bonds. The summed E-state index contributed by atoms with van der Waals surface area (Å²) in [4.78, 5) is 59.5. The number of phosphoric ester groups is 1. The van der Waals surface area contributed by atoms with Crippen LogP contribution in [0.2, 0.25) is 0 Å². The predicted octanol–water partition coefficient (Wildman–Crippen LogP) is 10.2. The lowest BCUT2D eigenvalue weighted by molar-refractivity contribution is -0.256. The fourth-order valence-electron chi connectivity index (χ4n) is 8.35. The maximum atomic E-state index is 13.7. The van der Waals surface area contributed by atoms with Crippen LogP contribution in [-0.4, -0.2) is 92.4 Å². The normalized spacial score (nSPS) is 20.0. The zero-order valence-electron chi connectivity index (χ0n) is 39.7. The van der Waals surface area contributed by atoms with Crippen LogP contribution in [0.5, 0.6) is 0 Å². The maximum absolute atomic E-state index is 13.7. The summed E-state index contributed by atoms with van der Waals surface area (Å²) in [5, 5.41) is 34.2. The first-order valence-corrected chi connectivity index (χ1v) is 26.9. The molecule has 0 saturated carbocycles. The number of hydrogen-bond acceptors (Lipinski definition) is 11. The lowest BCUT2D eigenvalue weighted by Crippen LogP contribution is -2.65. The SMILES string of the molecule is CCCCCCCCCCCCCC(=O)O[C@H](CCCCCCCCCCC)CC(=O)O[C@@H]1[C@H](NC(=O)C[C@H](O)CCCCCCCCCCC)[C@@H](O)O[C@H](CO)[C@H]1OP(=O)(O)O. The van der Waals surface area contributed by atoms with E-state index in [4.69, 9.17) is 18.7 Å². The Labute approximate surface area is 381 Å². The van der Waals surface area contributed by atoms with Crippen LogP contribution in [0.1, 0.15) is 239 Å². The van der Waals surface area contributed by atoms with Crippen molar-refractivity contribution in [1.82, 2.24) is 5.32 Å². The van der Waals surface area contributed by atoms with Gasteiger partial charge >= 0.3 is 19.8 Å². The number of carbonyl (C=O) groups is 3. The first kappa shape index (κ1) is 59.4. The predicted molar refractivity (Wildman–Crippen MR) is 247 cm³/mol. The average Bonchev–Trinajstić information content (AvgIpc) is 3.23. The molecule has 6 N–H and O–H groups in total. The molecular formula is C48H92NO13P. The van der Waals surface area contributed by atoms with Gasteiger partial charge in [-0.1, -0.05) is 194 Å². The quantitative estimate of drug-likeness (QED) is 0.0191. The summed E-state index contributed by atoms with van der Waals surface area (Å²) in [5.74, 6) is -2.06. The van der Waals surface area contributed by atoms with Crippen molar-refractivity contribution in [2.24, 2.45) is 0 Å². The molecule has 1 aliphatic rings. The minimum absolute atomic E-state index is 0.210. The van der Waals surface area contributed by atoms with Gasteiger partial charge < -0.3 is 44.6 Å². The molecule has 0 aromatic rings. The topological polar surface area (TPSA) is 218 Å². The van der Waals surface area contributed by atoms with E-state index in [1.165, 1.54) is 103 Å². The van der Waals surface area contributed by atoms with Gasteiger partial charge in [0.2, 0.25) is 5.91 Å². The molecule has 1 saturated heterocycles. The second-order valence-corrected chi connectivity index (χ2v) is 19.2. The Morgan fingerprint density at radius 2 is 1.03 bits per heavy atom. The van der Waals surface area contributed by atoms with Crippen LogP contribution in [-0.2, 0) is 37.7 Å². The highest BCUT2D eigenvalue weighted by molar-refractivity contribution is 7.46. The summed E-state index contributed by atoms with van der Waals surface area (Å²) in [6, 6.07) is -1.58. The highest BCUT2D eigenvalue weighted by atomic mass is 31.2. The minimum atomic E-state index is -5.29. The number of esters is 2. The van der Waals surface area contributed by atoms with Crippen LogP contribution in [0.15, 0.2) is 0 Å². The molecule has 7 atom stereocenters. The molecule has 14 nitrogen and oxygen atoms in total. The van der Waals surface area contributed by atoms with E-state index in [0.717, 1.165) is 70.6 Å². The van der Waals surface area contributed by atoms with E-state index in [0.29, 0.717) is 25.7 Å². The van der Waals surface area contributed by atoms with Gasteiger partial charge in [-0.25, -0.2) is 4.57 Å². The van der Waals surface area contributed by atoms with Crippen LogP contribution in [0.25, 0.3) is 0 Å². The molecule has 63 heavy (non-hydrogen) atoms. The number of unbranched alkanes of at least 4 members (excludes halogenated alkanes) is 26. The van der Waals surface area contributed by atoms with Gasteiger partial charge in [0, 0.05) is 6.42 Å². The summed E-state index contributed by atoms with van der Waals surface area (Å²) in [6.07, 6.45) is 23.6. The summed E-state index contributed by atoms with van der Waals surface area (Å²) < 4.78 is 34.1. The Morgan fingerprint density at radius 1 is 0.603 bits per heavy atom. The molecule has 0 aromatic carbocycles. The van der Waals surface area contributed by atoms with Crippen molar-refractivity contribution in [3.63, 3.8) is 0 Å². The smallest absolute Gasteiger partial charge is 0.462 e. The number of ether oxygens (including phenoxy) is 3. The van der Waals surface area contributed by atoms with Crippen molar-refractivity contribution in [3.05, 3.63) is 0 Å². The highest BCUT2D eigenvalue weighted by Crippen LogP contribution is 2.42. The number of carbonyl (C=O) groups excluding carboxylic acids is 3. The first-order valence-electron chi connectivity index (χ1n) is 25.4. The van der Waals surface area contributed by atoms with E-state index in [1.54, 1.807) is 0 Å². The molecule has 1 rings (SSSR count). The van der Waals surface area contributed by atoms with Crippen molar-refractivity contribution in [1.29, 1.82) is 0 Å². The molecule has 1 aliphatic heterocycles. The average molecular weight is 922 g/mol. The zero-order chi connectivity index (χ0) is 46.6. The molecule has 0 radical (unpaired) electrons. The lowest BCUT2D eigenvalue weighted by Gasteiger charge is -2.43. The summed E-state index contributed by atoms with van der Waals surface area (Å²) in [5.41, 5.74) is 0. The molecular weight excluding hydrogens is 829 g/mol. The molecule has 15 heteroatoms. The van der Waals surface area contributed by atoms with Crippen LogP contribution in [0.3, 0.4) is 0 Å². The van der Waals surface area contributed by atoms with Gasteiger partial charge in [-0.05, 0) is 25.7 Å². The van der Waals surface area contributed by atoms with Crippen LogP contribution in [0.4, 0.5) is 0 Å². The molecule has 0 aliphatic carbocycles. The molecule has 0 spiro atoms. The Bertz CT molecular complexity index is 1190. The van der Waals surface area contributed by atoms with Crippen LogP contribution < -0.4 is 5.32 Å². The summed E-state index contributed by atoms with van der Waals surface area (Å²) in [7, 11) is -5.29. The van der Waals surface area contributed by atoms with E-state index in [9.17, 15) is 44.1 Å². The molecule has 0 aromatic heterocycles. The van der Waals surface area contributed by atoms with Gasteiger partial charge in [0.1, 0.15) is 24.4 Å². The molecule has 0 bridgehead atoms. The minimum Gasteiger partial charge on any atom is -0.462 e. The van der Waals surface area contributed by atoms with Gasteiger partial charge in [-0.15, -0.1) is 0 Å². The fourth-order valence-corrected chi connectivity index (χ4v) is 8.92. The molecule has 1 fully saturated rings. The summed E-state index contributed by atoms with van der Waals surface area (Å²) >= 11 is 0. The fraction of sp³-hybridized carbons (Fsp3) is 0.938. The number of aliphatic hydroxyl groups is 3. The third-order valence-electron chi connectivity index (χ3n) is 12.1. The number of hydrogen-bond donors (Lipinski definition) is 6.